The Morgan fingerprint density at radius 2 is 1.79 bits per heavy atom. The maximum atomic E-state index is 12.9. The lowest BCUT2D eigenvalue weighted by molar-refractivity contribution is 0.0526. The first-order chi connectivity index (χ1) is 16.3. The largest absolute Gasteiger partial charge is 0.462 e. The lowest BCUT2D eigenvalue weighted by atomic mass is 9.88. The van der Waals surface area contributed by atoms with Gasteiger partial charge in [-0.1, -0.05) is 25.1 Å². The monoisotopic (exact) mass is 498 g/mol. The third-order valence-electron chi connectivity index (χ3n) is 5.67. The molecule has 9 heteroatoms. The first-order valence-corrected chi connectivity index (χ1v) is 13.4. The molecule has 0 spiro atoms. The van der Waals surface area contributed by atoms with E-state index in [1.807, 2.05) is 0 Å². The SMILES string of the molecule is CCOC(=O)c1c(NC(=O)c2ccc(NS(=O)(=O)c3ccccc3)cc2)sc2c1CCC(C)C2. The van der Waals surface area contributed by atoms with Crippen LogP contribution in [-0.4, -0.2) is 26.9 Å². The van der Waals surface area contributed by atoms with Crippen LogP contribution < -0.4 is 10.0 Å². The Morgan fingerprint density at radius 1 is 1.09 bits per heavy atom. The fourth-order valence-corrected chi connectivity index (χ4v) is 6.41. The van der Waals surface area contributed by atoms with Crippen LogP contribution in [0.3, 0.4) is 0 Å². The summed E-state index contributed by atoms with van der Waals surface area (Å²) < 4.78 is 32.8. The van der Waals surface area contributed by atoms with E-state index in [9.17, 15) is 18.0 Å². The molecule has 1 heterocycles. The summed E-state index contributed by atoms with van der Waals surface area (Å²) >= 11 is 1.43. The quantitative estimate of drug-likeness (QED) is 0.441. The van der Waals surface area contributed by atoms with Gasteiger partial charge in [-0.2, -0.15) is 0 Å². The van der Waals surface area contributed by atoms with Crippen molar-refractivity contribution in [1.29, 1.82) is 0 Å². The lowest BCUT2D eigenvalue weighted by Crippen LogP contribution is -2.17. The Balaban J connectivity index is 1.53. The zero-order chi connectivity index (χ0) is 24.3. The molecule has 0 fully saturated rings. The van der Waals surface area contributed by atoms with Crippen molar-refractivity contribution < 1.29 is 22.7 Å². The van der Waals surface area contributed by atoms with Crippen LogP contribution in [0.4, 0.5) is 10.7 Å². The van der Waals surface area contributed by atoms with Crippen molar-refractivity contribution in [1.82, 2.24) is 0 Å². The number of amides is 1. The van der Waals surface area contributed by atoms with Crippen molar-refractivity contribution in [3.63, 3.8) is 0 Å². The van der Waals surface area contributed by atoms with Crippen molar-refractivity contribution in [2.45, 2.75) is 38.0 Å². The number of hydrogen-bond donors (Lipinski definition) is 2. The molecule has 0 saturated carbocycles. The molecule has 1 unspecified atom stereocenters. The Bertz CT molecular complexity index is 1300. The summed E-state index contributed by atoms with van der Waals surface area (Å²) in [5, 5.41) is 3.37. The van der Waals surface area contributed by atoms with Gasteiger partial charge in [0.25, 0.3) is 15.9 Å². The van der Waals surface area contributed by atoms with Crippen LogP contribution in [-0.2, 0) is 27.6 Å². The molecule has 1 aliphatic carbocycles. The number of carbonyl (C=O) groups is 2. The van der Waals surface area contributed by atoms with E-state index in [0.29, 0.717) is 27.7 Å². The van der Waals surface area contributed by atoms with E-state index in [2.05, 4.69) is 17.0 Å². The second-order valence-corrected chi connectivity index (χ2v) is 11.0. The van der Waals surface area contributed by atoms with Gasteiger partial charge in [-0.25, -0.2) is 13.2 Å². The van der Waals surface area contributed by atoms with Crippen molar-refractivity contribution >= 4 is 43.9 Å². The van der Waals surface area contributed by atoms with Gasteiger partial charge >= 0.3 is 5.97 Å². The van der Waals surface area contributed by atoms with Crippen molar-refractivity contribution in [3.05, 3.63) is 76.2 Å². The van der Waals surface area contributed by atoms with Crippen LogP contribution in [0.1, 0.15) is 51.4 Å². The fraction of sp³-hybridized carbons (Fsp3) is 0.280. The summed E-state index contributed by atoms with van der Waals surface area (Å²) in [5.74, 6) is -0.276. The van der Waals surface area contributed by atoms with Gasteiger partial charge in [0.1, 0.15) is 5.00 Å². The molecule has 0 aliphatic heterocycles. The number of benzene rings is 2. The molecular weight excluding hydrogens is 472 g/mol. The molecule has 0 saturated heterocycles. The highest BCUT2D eigenvalue weighted by Crippen LogP contribution is 2.40. The molecular formula is C25H26N2O5S2. The number of carbonyl (C=O) groups excluding carboxylic acids is 2. The molecule has 7 nitrogen and oxygen atoms in total. The van der Waals surface area contributed by atoms with Crippen molar-refractivity contribution in [2.75, 3.05) is 16.6 Å². The Morgan fingerprint density at radius 3 is 2.47 bits per heavy atom. The number of rotatable bonds is 7. The van der Waals surface area contributed by atoms with Gasteiger partial charge in [-0.15, -0.1) is 11.3 Å². The van der Waals surface area contributed by atoms with E-state index in [4.69, 9.17) is 4.74 Å². The second-order valence-electron chi connectivity index (χ2n) is 8.23. The van der Waals surface area contributed by atoms with Gasteiger partial charge in [0.15, 0.2) is 0 Å². The third-order valence-corrected chi connectivity index (χ3v) is 8.24. The van der Waals surface area contributed by atoms with Gasteiger partial charge in [-0.3, -0.25) is 9.52 Å². The Hall–Kier alpha value is -3.17. The van der Waals surface area contributed by atoms with E-state index < -0.39 is 16.0 Å². The highest BCUT2D eigenvalue weighted by Gasteiger charge is 2.29. The molecule has 4 rings (SSSR count). The summed E-state index contributed by atoms with van der Waals surface area (Å²) in [4.78, 5) is 26.9. The minimum Gasteiger partial charge on any atom is -0.462 e. The normalized spacial score (nSPS) is 15.3. The van der Waals surface area contributed by atoms with Crippen molar-refractivity contribution in [2.24, 2.45) is 5.92 Å². The van der Waals surface area contributed by atoms with E-state index >= 15 is 0 Å². The molecule has 1 atom stereocenters. The van der Waals surface area contributed by atoms with Crippen LogP contribution in [0.2, 0.25) is 0 Å². The second kappa shape index (κ2) is 9.99. The molecule has 1 amide bonds. The fourth-order valence-electron chi connectivity index (χ4n) is 3.94. The molecule has 0 bridgehead atoms. The summed E-state index contributed by atoms with van der Waals surface area (Å²) in [7, 11) is -3.72. The maximum Gasteiger partial charge on any atom is 0.341 e. The van der Waals surface area contributed by atoms with Gasteiger partial charge < -0.3 is 10.1 Å². The first-order valence-electron chi connectivity index (χ1n) is 11.1. The van der Waals surface area contributed by atoms with Gasteiger partial charge in [-0.05, 0) is 74.1 Å². The van der Waals surface area contributed by atoms with Crippen LogP contribution in [0, 0.1) is 5.92 Å². The molecule has 0 radical (unpaired) electrons. The number of nitrogens with one attached hydrogen (secondary N) is 2. The van der Waals surface area contributed by atoms with Gasteiger partial charge in [0, 0.05) is 16.1 Å². The average Bonchev–Trinajstić information content (AvgIpc) is 3.16. The highest BCUT2D eigenvalue weighted by atomic mass is 32.2. The molecule has 2 N–H and O–H groups in total. The minimum atomic E-state index is -3.72. The van der Waals surface area contributed by atoms with Crippen LogP contribution in [0.15, 0.2) is 59.5 Å². The predicted octanol–water partition coefficient (Wildman–Crippen LogP) is 5.10. The molecule has 34 heavy (non-hydrogen) atoms. The minimum absolute atomic E-state index is 0.152. The highest BCUT2D eigenvalue weighted by molar-refractivity contribution is 7.92. The van der Waals surface area contributed by atoms with Crippen molar-refractivity contribution in [3.8, 4) is 0 Å². The zero-order valence-corrected chi connectivity index (χ0v) is 20.6. The first kappa shape index (κ1) is 24.0. The molecule has 1 aliphatic rings. The molecule has 178 valence electrons. The number of thiophene rings is 1. The number of anilines is 2. The Kier molecular flexibility index (Phi) is 7.04. The Labute approximate surface area is 203 Å². The lowest BCUT2D eigenvalue weighted by Gasteiger charge is -2.18. The maximum absolute atomic E-state index is 12.9. The number of fused-ring (bicyclic) bond motifs is 1. The molecule has 3 aromatic rings. The number of esters is 1. The zero-order valence-electron chi connectivity index (χ0n) is 19.0. The summed E-state index contributed by atoms with van der Waals surface area (Å²) in [5.41, 5.74) is 2.11. The van der Waals surface area contributed by atoms with Crippen LogP contribution >= 0.6 is 11.3 Å². The summed E-state index contributed by atoms with van der Waals surface area (Å²) in [6, 6.07) is 14.2. The van der Waals surface area contributed by atoms with E-state index in [1.54, 1.807) is 25.1 Å². The number of ether oxygens (including phenoxy) is 1. The average molecular weight is 499 g/mol. The van der Waals surface area contributed by atoms with E-state index in [1.165, 1.54) is 47.7 Å². The topological polar surface area (TPSA) is 102 Å². The van der Waals surface area contributed by atoms with E-state index in [0.717, 1.165) is 29.7 Å². The summed E-state index contributed by atoms with van der Waals surface area (Å²) in [6.07, 6.45) is 2.65. The summed E-state index contributed by atoms with van der Waals surface area (Å²) in [6.45, 7) is 4.19. The van der Waals surface area contributed by atoms with Crippen LogP contribution in [0.5, 0.6) is 0 Å². The van der Waals surface area contributed by atoms with Gasteiger partial charge in [0.05, 0.1) is 17.1 Å². The standard InChI is InChI=1S/C25H26N2O5S2/c1-3-32-25(29)22-20-14-9-16(2)15-21(20)33-24(22)26-23(28)17-10-12-18(13-11-17)27-34(30,31)19-7-5-4-6-8-19/h4-8,10-13,16,27H,3,9,14-15H2,1-2H3,(H,26,28). The number of sulfonamides is 1. The molecule has 2 aromatic carbocycles. The predicted molar refractivity (Wildman–Crippen MR) is 133 cm³/mol. The number of hydrogen-bond acceptors (Lipinski definition) is 6. The smallest absolute Gasteiger partial charge is 0.341 e. The van der Waals surface area contributed by atoms with E-state index in [-0.39, 0.29) is 17.4 Å². The molecule has 1 aromatic heterocycles. The van der Waals surface area contributed by atoms with Gasteiger partial charge in [0.2, 0.25) is 0 Å². The van der Waals surface area contributed by atoms with Crippen LogP contribution in [0.25, 0.3) is 0 Å². The third kappa shape index (κ3) is 5.15.